The molecule has 0 heterocycles. The second kappa shape index (κ2) is 45.6. The van der Waals surface area contributed by atoms with Gasteiger partial charge in [0.1, 0.15) is 0 Å². The number of aliphatic hydroxyl groups excluding tert-OH is 2. The third kappa shape index (κ3) is 111. The molecule has 0 spiro atoms. The summed E-state index contributed by atoms with van der Waals surface area (Å²) in [5.74, 6) is 0. The van der Waals surface area contributed by atoms with E-state index in [1.54, 1.807) is 0 Å². The Bertz CT molecular complexity index is 54.5. The molecule has 0 amide bonds. The van der Waals surface area contributed by atoms with Gasteiger partial charge in [-0.3, -0.25) is 0 Å². The molecular weight excluding hydrogens is 223 g/mol. The molecule has 11 heavy (non-hydrogen) atoms. The van der Waals surface area contributed by atoms with Crippen LogP contribution in [-0.4, -0.2) is 23.4 Å². The fraction of sp³-hybridized carbons (Fsp3) is 0.333. The van der Waals surface area contributed by atoms with Gasteiger partial charge < -0.3 is 35.0 Å². The molecule has 0 saturated carbocycles. The fourth-order valence-electron chi connectivity index (χ4n) is 0. The summed E-state index contributed by atoms with van der Waals surface area (Å²) in [7, 11) is 0. The zero-order valence-corrected chi connectivity index (χ0v) is 9.21. The van der Waals surface area contributed by atoms with Crippen molar-refractivity contribution in [2.75, 3.05) is 13.2 Å². The van der Waals surface area contributed by atoms with Gasteiger partial charge in [0.05, 0.1) is 13.2 Å². The van der Waals surface area contributed by atoms with Crippen LogP contribution in [0.25, 0.3) is 0 Å². The van der Waals surface area contributed by atoms with Crippen molar-refractivity contribution in [2.24, 2.45) is 0 Å². The molecule has 0 saturated heterocycles. The predicted octanol–water partition coefficient (Wildman–Crippen LogP) is -5.67. The van der Waals surface area contributed by atoms with E-state index in [1.807, 2.05) is 0 Å². The van der Waals surface area contributed by atoms with Gasteiger partial charge in [-0.05, 0) is 0 Å². The summed E-state index contributed by atoms with van der Waals surface area (Å²) in [5.41, 5.74) is 0. The molecule has 0 atom stereocenters. The van der Waals surface area contributed by atoms with E-state index < -0.39 is 0 Å². The van der Waals surface area contributed by atoms with Crippen LogP contribution < -0.4 is 24.8 Å². The molecule has 0 aliphatic rings. The van der Waals surface area contributed by atoms with Crippen molar-refractivity contribution in [1.82, 2.24) is 0 Å². The topological polar surface area (TPSA) is 40.5 Å². The average molecular weight is 235 g/mol. The normalized spacial score (nSPS) is 4.55. The summed E-state index contributed by atoms with van der Waals surface area (Å²) < 4.78 is 0. The van der Waals surface area contributed by atoms with E-state index in [2.05, 4.69) is 13.2 Å². The third-order valence-corrected chi connectivity index (χ3v) is 0.258. The number of hydrogen-bond acceptors (Lipinski definition) is 2. The van der Waals surface area contributed by atoms with Crippen LogP contribution in [0.2, 0.25) is 0 Å². The van der Waals surface area contributed by atoms with Crippen molar-refractivity contribution in [3.63, 3.8) is 0 Å². The smallest absolute Gasteiger partial charge is 0.0609 e. The van der Waals surface area contributed by atoms with Crippen molar-refractivity contribution in [3.8, 4) is 0 Å². The molecule has 5 heteroatoms. The maximum atomic E-state index is 7.76. The molecule has 0 aromatic heterocycles. The minimum Gasteiger partial charge on any atom is -1.00 e. The molecule has 0 aliphatic carbocycles. The zero-order valence-electron chi connectivity index (χ0n) is 6.13. The van der Waals surface area contributed by atoms with Crippen LogP contribution in [0, 0.1) is 0 Å². The molecule has 0 aromatic carbocycles. The first-order valence-corrected chi connectivity index (χ1v) is 2.27. The number of aliphatic hydroxyl groups is 2. The predicted molar refractivity (Wildman–Crippen MR) is 34.6 cm³/mol. The number of halogens is 2. The van der Waals surface area contributed by atoms with E-state index in [1.165, 1.54) is 12.2 Å². The third-order valence-electron chi connectivity index (χ3n) is 0.258. The largest absolute Gasteiger partial charge is 1.00 e. The quantitative estimate of drug-likeness (QED) is 0.370. The molecule has 0 aliphatic heterocycles. The second-order valence-corrected chi connectivity index (χ2v) is 0.942. The van der Waals surface area contributed by atoms with Gasteiger partial charge in [-0.2, -0.15) is 0 Å². The van der Waals surface area contributed by atoms with Gasteiger partial charge >= 0.3 is 0 Å². The zero-order chi connectivity index (χ0) is 6.83. The van der Waals surface area contributed by atoms with E-state index >= 15 is 0 Å². The van der Waals surface area contributed by atoms with Gasteiger partial charge in [0.25, 0.3) is 0 Å². The van der Waals surface area contributed by atoms with Crippen LogP contribution in [0.3, 0.4) is 0 Å². The van der Waals surface area contributed by atoms with Crippen molar-refractivity contribution < 1.29 is 56.7 Å². The molecule has 68 valence electrons. The Balaban J connectivity index is -0.0000000171. The summed E-state index contributed by atoms with van der Waals surface area (Å²) in [6, 6.07) is 0. The Hall–Kier alpha value is 0.694. The Morgan fingerprint density at radius 3 is 1.00 bits per heavy atom. The second-order valence-electron chi connectivity index (χ2n) is 0.942. The van der Waals surface area contributed by atoms with Crippen LogP contribution in [0.4, 0.5) is 0 Å². The average Bonchev–Trinajstić information content (AvgIpc) is 1.88. The van der Waals surface area contributed by atoms with Gasteiger partial charge in [-0.1, -0.05) is 12.2 Å². The SMILES string of the molecule is C=CCO.C=CCO.[Cl-].[Cl-].[Ti]. The van der Waals surface area contributed by atoms with Crippen LogP contribution in [0.15, 0.2) is 25.3 Å². The Labute approximate surface area is 95.1 Å². The molecule has 0 unspecified atom stereocenters. The van der Waals surface area contributed by atoms with E-state index in [9.17, 15) is 0 Å². The maximum Gasteiger partial charge on any atom is 0.0609 e. The Morgan fingerprint density at radius 1 is 0.909 bits per heavy atom. The fourth-order valence-corrected chi connectivity index (χ4v) is 0. The number of rotatable bonds is 2. The Morgan fingerprint density at radius 2 is 1.00 bits per heavy atom. The Kier molecular flexibility index (Phi) is 124. The van der Waals surface area contributed by atoms with Gasteiger partial charge in [0.15, 0.2) is 0 Å². The molecular formula is C6H12Cl2O2Ti-2. The maximum absolute atomic E-state index is 7.76. The van der Waals surface area contributed by atoms with Crippen molar-refractivity contribution in [1.29, 1.82) is 0 Å². The first-order chi connectivity index (χ1) is 3.83. The molecule has 0 rings (SSSR count). The van der Waals surface area contributed by atoms with Gasteiger partial charge in [-0.25, -0.2) is 0 Å². The van der Waals surface area contributed by atoms with Crippen LogP contribution in [0.5, 0.6) is 0 Å². The monoisotopic (exact) mass is 234 g/mol. The summed E-state index contributed by atoms with van der Waals surface area (Å²) in [5, 5.41) is 15.5. The molecule has 0 radical (unpaired) electrons. The van der Waals surface area contributed by atoms with Gasteiger partial charge in [0.2, 0.25) is 0 Å². The molecule has 2 nitrogen and oxygen atoms in total. The van der Waals surface area contributed by atoms with E-state index in [-0.39, 0.29) is 59.7 Å². The molecule has 0 aromatic rings. The first-order valence-electron chi connectivity index (χ1n) is 2.27. The standard InChI is InChI=1S/2C3H6O.2ClH.Ti/c2*1-2-3-4;;;/h2*2,4H,1,3H2;2*1H;/p-2. The van der Waals surface area contributed by atoms with Crippen LogP contribution in [0.1, 0.15) is 0 Å². The van der Waals surface area contributed by atoms with Crippen molar-refractivity contribution in [3.05, 3.63) is 25.3 Å². The van der Waals surface area contributed by atoms with Crippen molar-refractivity contribution >= 4 is 0 Å². The summed E-state index contributed by atoms with van der Waals surface area (Å²) >= 11 is 0. The van der Waals surface area contributed by atoms with E-state index in [0.717, 1.165) is 0 Å². The summed E-state index contributed by atoms with van der Waals surface area (Å²) in [4.78, 5) is 0. The molecule has 2 N–H and O–H groups in total. The summed E-state index contributed by atoms with van der Waals surface area (Å²) in [6.45, 7) is 6.62. The van der Waals surface area contributed by atoms with Gasteiger partial charge in [-0.15, -0.1) is 13.2 Å². The molecule has 0 fully saturated rings. The van der Waals surface area contributed by atoms with E-state index in [0.29, 0.717) is 0 Å². The minimum atomic E-state index is 0. The number of hydrogen-bond donors (Lipinski definition) is 2. The molecule has 0 bridgehead atoms. The van der Waals surface area contributed by atoms with Gasteiger partial charge in [0, 0.05) is 21.7 Å². The minimum absolute atomic E-state index is 0. The first kappa shape index (κ1) is 29.8. The van der Waals surface area contributed by atoms with Crippen LogP contribution >= 0.6 is 0 Å². The van der Waals surface area contributed by atoms with Crippen LogP contribution in [-0.2, 0) is 21.7 Å². The van der Waals surface area contributed by atoms with Crippen molar-refractivity contribution in [2.45, 2.75) is 0 Å². The van der Waals surface area contributed by atoms with E-state index in [4.69, 9.17) is 10.2 Å². The summed E-state index contributed by atoms with van der Waals surface area (Å²) in [6.07, 6.45) is 2.86.